The van der Waals surface area contributed by atoms with Gasteiger partial charge in [0.15, 0.2) is 0 Å². The van der Waals surface area contributed by atoms with Gasteiger partial charge in [-0.2, -0.15) is 0 Å². The number of carbonyl (C=O) groups excluding carboxylic acids is 2. The van der Waals surface area contributed by atoms with Crippen LogP contribution in [0.25, 0.3) is 0 Å². The average Bonchev–Trinajstić information content (AvgIpc) is 2.53. The Balaban J connectivity index is 3.16. The molecular weight excluding hydrogens is 316 g/mol. The SMILES string of the molecule is CC(C)CC[C@@](CCCN)(C(=O)OC(C)(C)C)C(=O)N1CCCCC1. The first-order chi connectivity index (χ1) is 11.6. The van der Waals surface area contributed by atoms with Crippen LogP contribution in [0, 0.1) is 11.3 Å². The fourth-order valence-corrected chi connectivity index (χ4v) is 3.34. The van der Waals surface area contributed by atoms with Crippen LogP contribution < -0.4 is 5.73 Å². The fourth-order valence-electron chi connectivity index (χ4n) is 3.34. The highest BCUT2D eigenvalue weighted by molar-refractivity contribution is 6.02. The summed E-state index contributed by atoms with van der Waals surface area (Å²) >= 11 is 0. The van der Waals surface area contributed by atoms with E-state index in [1.165, 1.54) is 0 Å². The van der Waals surface area contributed by atoms with Crippen LogP contribution in [-0.4, -0.2) is 42.0 Å². The second kappa shape index (κ2) is 9.56. The van der Waals surface area contributed by atoms with E-state index in [1.807, 2.05) is 25.7 Å². The molecule has 0 radical (unpaired) electrons. The number of likely N-dealkylation sites (tertiary alicyclic amines) is 1. The molecule has 0 unspecified atom stereocenters. The van der Waals surface area contributed by atoms with E-state index in [4.69, 9.17) is 10.5 Å². The van der Waals surface area contributed by atoms with E-state index >= 15 is 0 Å². The molecule has 5 nitrogen and oxygen atoms in total. The van der Waals surface area contributed by atoms with Gasteiger partial charge in [-0.15, -0.1) is 0 Å². The van der Waals surface area contributed by atoms with Crippen molar-refractivity contribution in [2.75, 3.05) is 19.6 Å². The monoisotopic (exact) mass is 354 g/mol. The summed E-state index contributed by atoms with van der Waals surface area (Å²) in [5.41, 5.74) is 4.03. The zero-order chi connectivity index (χ0) is 19.1. The van der Waals surface area contributed by atoms with Crippen molar-refractivity contribution < 1.29 is 14.3 Å². The summed E-state index contributed by atoms with van der Waals surface area (Å²) in [6.45, 7) is 11.8. The van der Waals surface area contributed by atoms with Gasteiger partial charge >= 0.3 is 5.97 Å². The van der Waals surface area contributed by atoms with Crippen molar-refractivity contribution in [1.29, 1.82) is 0 Å². The van der Waals surface area contributed by atoms with Crippen LogP contribution >= 0.6 is 0 Å². The zero-order valence-corrected chi connectivity index (χ0v) is 16.9. The fraction of sp³-hybridized carbons (Fsp3) is 0.900. The van der Waals surface area contributed by atoms with Crippen molar-refractivity contribution in [2.45, 2.75) is 85.2 Å². The topological polar surface area (TPSA) is 72.6 Å². The number of piperidine rings is 1. The second-order valence-electron chi connectivity index (χ2n) is 8.76. The van der Waals surface area contributed by atoms with Gasteiger partial charge in [0.2, 0.25) is 5.91 Å². The molecule has 1 rings (SSSR count). The molecule has 0 aliphatic carbocycles. The van der Waals surface area contributed by atoms with Crippen LogP contribution in [0.2, 0.25) is 0 Å². The summed E-state index contributed by atoms with van der Waals surface area (Å²) in [5, 5.41) is 0. The molecule has 1 aliphatic rings. The van der Waals surface area contributed by atoms with Gasteiger partial charge in [0.1, 0.15) is 11.0 Å². The molecule has 1 aliphatic heterocycles. The van der Waals surface area contributed by atoms with Gasteiger partial charge in [-0.05, 0) is 78.2 Å². The third-order valence-electron chi connectivity index (χ3n) is 4.80. The number of hydrogen-bond donors (Lipinski definition) is 1. The van der Waals surface area contributed by atoms with Crippen molar-refractivity contribution in [3.63, 3.8) is 0 Å². The number of esters is 1. The van der Waals surface area contributed by atoms with Gasteiger partial charge in [-0.1, -0.05) is 13.8 Å². The van der Waals surface area contributed by atoms with E-state index in [0.29, 0.717) is 31.7 Å². The first kappa shape index (κ1) is 21.9. The molecule has 0 aromatic rings. The van der Waals surface area contributed by atoms with Crippen LogP contribution in [0.3, 0.4) is 0 Å². The lowest BCUT2D eigenvalue weighted by molar-refractivity contribution is -0.176. The first-order valence-corrected chi connectivity index (χ1v) is 9.85. The van der Waals surface area contributed by atoms with E-state index in [0.717, 1.165) is 38.8 Å². The normalized spacial score (nSPS) is 18.1. The molecule has 1 fully saturated rings. The van der Waals surface area contributed by atoms with Crippen LogP contribution in [0.1, 0.15) is 79.6 Å². The van der Waals surface area contributed by atoms with Crippen molar-refractivity contribution in [3.05, 3.63) is 0 Å². The van der Waals surface area contributed by atoms with Crippen molar-refractivity contribution in [3.8, 4) is 0 Å². The minimum absolute atomic E-state index is 0.0458. The number of hydrogen-bond acceptors (Lipinski definition) is 4. The maximum atomic E-state index is 13.5. The Hall–Kier alpha value is -1.10. The Morgan fingerprint density at radius 3 is 2.16 bits per heavy atom. The molecule has 5 heteroatoms. The summed E-state index contributed by atoms with van der Waals surface area (Å²) in [5.74, 6) is 0.00840. The Bertz CT molecular complexity index is 437. The third-order valence-corrected chi connectivity index (χ3v) is 4.80. The molecule has 2 N–H and O–H groups in total. The lowest BCUT2D eigenvalue weighted by Gasteiger charge is -2.39. The van der Waals surface area contributed by atoms with Gasteiger partial charge in [-0.3, -0.25) is 9.59 Å². The van der Waals surface area contributed by atoms with E-state index in [1.54, 1.807) is 0 Å². The molecule has 1 saturated heterocycles. The standard InChI is InChI=1S/C20H38N2O3/c1-16(2)10-12-20(11-9-13-21,18(24)25-19(3,4)5)17(23)22-14-7-6-8-15-22/h16H,6-15,21H2,1-5H3/t20-/m1/s1. The highest BCUT2D eigenvalue weighted by Gasteiger charge is 2.49. The number of nitrogens with two attached hydrogens (primary N) is 1. The lowest BCUT2D eigenvalue weighted by atomic mass is 9.75. The molecular formula is C20H38N2O3. The van der Waals surface area contributed by atoms with Crippen LogP contribution in [0.4, 0.5) is 0 Å². The van der Waals surface area contributed by atoms with Crippen LogP contribution in [0.5, 0.6) is 0 Å². The van der Waals surface area contributed by atoms with Crippen LogP contribution in [0.15, 0.2) is 0 Å². The first-order valence-electron chi connectivity index (χ1n) is 9.85. The Morgan fingerprint density at radius 2 is 1.68 bits per heavy atom. The number of rotatable bonds is 8. The van der Waals surface area contributed by atoms with Gasteiger partial charge in [-0.25, -0.2) is 0 Å². The molecule has 0 saturated carbocycles. The Morgan fingerprint density at radius 1 is 1.08 bits per heavy atom. The molecule has 25 heavy (non-hydrogen) atoms. The quantitative estimate of drug-likeness (QED) is 0.535. The van der Waals surface area contributed by atoms with Crippen molar-refractivity contribution >= 4 is 11.9 Å². The highest BCUT2D eigenvalue weighted by Crippen LogP contribution is 2.37. The van der Waals surface area contributed by atoms with E-state index < -0.39 is 11.0 Å². The molecule has 1 amide bonds. The molecule has 0 spiro atoms. The number of ether oxygens (including phenoxy) is 1. The summed E-state index contributed by atoms with van der Waals surface area (Å²) in [6.07, 6.45) is 5.65. The predicted octanol–water partition coefficient (Wildman–Crippen LogP) is 3.50. The largest absolute Gasteiger partial charge is 0.459 e. The van der Waals surface area contributed by atoms with Gasteiger partial charge in [0.05, 0.1) is 0 Å². The zero-order valence-electron chi connectivity index (χ0n) is 16.9. The molecule has 0 aromatic heterocycles. The maximum absolute atomic E-state index is 13.5. The van der Waals surface area contributed by atoms with E-state index in [2.05, 4.69) is 13.8 Å². The van der Waals surface area contributed by atoms with Crippen molar-refractivity contribution in [1.82, 2.24) is 4.90 Å². The average molecular weight is 355 g/mol. The molecule has 0 aromatic carbocycles. The maximum Gasteiger partial charge on any atom is 0.322 e. The lowest BCUT2D eigenvalue weighted by Crippen LogP contribution is -2.52. The van der Waals surface area contributed by atoms with Crippen LogP contribution in [-0.2, 0) is 14.3 Å². The second-order valence-corrected chi connectivity index (χ2v) is 8.76. The summed E-state index contributed by atoms with van der Waals surface area (Å²) in [4.78, 5) is 28.5. The predicted molar refractivity (Wildman–Crippen MR) is 101 cm³/mol. The minimum atomic E-state index is -1.09. The molecule has 1 heterocycles. The Kier molecular flexibility index (Phi) is 8.39. The third kappa shape index (κ3) is 6.61. The van der Waals surface area contributed by atoms with E-state index in [-0.39, 0.29) is 11.9 Å². The number of nitrogens with zero attached hydrogens (tertiary/aromatic N) is 1. The number of amides is 1. The van der Waals surface area contributed by atoms with Gasteiger partial charge in [0, 0.05) is 13.1 Å². The molecule has 146 valence electrons. The van der Waals surface area contributed by atoms with Gasteiger partial charge < -0.3 is 15.4 Å². The molecule has 1 atom stereocenters. The molecule has 0 bridgehead atoms. The Labute approximate surface area is 153 Å². The summed E-state index contributed by atoms with van der Waals surface area (Å²) in [7, 11) is 0. The minimum Gasteiger partial charge on any atom is -0.459 e. The number of carbonyl (C=O) groups is 2. The smallest absolute Gasteiger partial charge is 0.322 e. The summed E-state index contributed by atoms with van der Waals surface area (Å²) in [6, 6.07) is 0. The van der Waals surface area contributed by atoms with E-state index in [9.17, 15) is 9.59 Å². The summed E-state index contributed by atoms with van der Waals surface area (Å²) < 4.78 is 5.72. The highest BCUT2D eigenvalue weighted by atomic mass is 16.6. The van der Waals surface area contributed by atoms with Gasteiger partial charge in [0.25, 0.3) is 0 Å². The van der Waals surface area contributed by atoms with Crippen molar-refractivity contribution in [2.24, 2.45) is 17.1 Å².